The molecule has 0 bridgehead atoms. The molecule has 3 nitrogen and oxygen atoms in total. The molecular weight excluding hydrogens is 198 g/mol. The van der Waals surface area contributed by atoms with Crippen LogP contribution in [-0.2, 0) is 0 Å². The summed E-state index contributed by atoms with van der Waals surface area (Å²) in [6.07, 6.45) is 0. The molecule has 0 fully saturated rings. The number of aromatic nitrogens is 1. The lowest BCUT2D eigenvalue weighted by atomic mass is 10.1. The zero-order valence-electron chi connectivity index (χ0n) is 8.64. The van der Waals surface area contributed by atoms with E-state index in [2.05, 4.69) is 22.5 Å². The van der Waals surface area contributed by atoms with E-state index in [-0.39, 0.29) is 0 Å². The van der Waals surface area contributed by atoms with Gasteiger partial charge >= 0.3 is 0 Å². The highest BCUT2D eigenvalue weighted by Gasteiger charge is 2.02. The van der Waals surface area contributed by atoms with Crippen molar-refractivity contribution in [1.29, 1.82) is 0 Å². The van der Waals surface area contributed by atoms with Crippen LogP contribution in [-0.4, -0.2) is 4.98 Å². The number of pyridine rings is 1. The second-order valence-electron chi connectivity index (χ2n) is 3.70. The number of hydrazine groups is 1. The standard InChI is InChI=1S/C13H11N3/c14-16-12-7-3-5-10-8-9-4-1-2-6-11(9)15-13(10)12/h1-8,16H,14H2. The molecule has 2 aromatic carbocycles. The van der Waals surface area contributed by atoms with E-state index < -0.39 is 0 Å². The van der Waals surface area contributed by atoms with Crippen LogP contribution in [0.3, 0.4) is 0 Å². The number of nitrogens with one attached hydrogen (secondary N) is 1. The van der Waals surface area contributed by atoms with Crippen molar-refractivity contribution in [3.8, 4) is 0 Å². The Labute approximate surface area is 92.9 Å². The number of nitrogens with two attached hydrogens (primary N) is 1. The predicted octanol–water partition coefficient (Wildman–Crippen LogP) is 2.67. The lowest BCUT2D eigenvalue weighted by Crippen LogP contribution is -2.07. The Morgan fingerprint density at radius 3 is 2.62 bits per heavy atom. The highest BCUT2D eigenvalue weighted by Crippen LogP contribution is 2.24. The Hall–Kier alpha value is -2.13. The SMILES string of the molecule is NNc1cccc2cc3ccccc3nc12. The molecule has 0 spiro atoms. The van der Waals surface area contributed by atoms with Crippen LogP contribution in [0.15, 0.2) is 48.5 Å². The summed E-state index contributed by atoms with van der Waals surface area (Å²) >= 11 is 0. The molecule has 0 aliphatic rings. The molecule has 0 radical (unpaired) electrons. The molecular formula is C13H11N3. The summed E-state index contributed by atoms with van der Waals surface area (Å²) < 4.78 is 0. The number of anilines is 1. The summed E-state index contributed by atoms with van der Waals surface area (Å²) in [5.41, 5.74) is 5.41. The minimum Gasteiger partial charge on any atom is -0.322 e. The fourth-order valence-electron chi connectivity index (χ4n) is 1.92. The first-order valence-corrected chi connectivity index (χ1v) is 5.13. The first-order chi connectivity index (χ1) is 7.88. The molecule has 0 unspecified atom stereocenters. The van der Waals surface area contributed by atoms with Crippen molar-refractivity contribution in [3.63, 3.8) is 0 Å². The van der Waals surface area contributed by atoms with E-state index >= 15 is 0 Å². The Morgan fingerprint density at radius 1 is 0.938 bits per heavy atom. The fourth-order valence-corrected chi connectivity index (χ4v) is 1.92. The molecule has 3 N–H and O–H groups in total. The van der Waals surface area contributed by atoms with Gasteiger partial charge in [0, 0.05) is 10.8 Å². The molecule has 1 heterocycles. The molecule has 3 aromatic rings. The third-order valence-electron chi connectivity index (χ3n) is 2.70. The average Bonchev–Trinajstić information content (AvgIpc) is 2.35. The predicted molar refractivity (Wildman–Crippen MR) is 67.1 cm³/mol. The van der Waals surface area contributed by atoms with E-state index in [1.807, 2.05) is 36.4 Å². The third-order valence-corrected chi connectivity index (χ3v) is 2.70. The molecule has 0 atom stereocenters. The largest absolute Gasteiger partial charge is 0.322 e. The smallest absolute Gasteiger partial charge is 0.0954 e. The second-order valence-corrected chi connectivity index (χ2v) is 3.70. The molecule has 0 aliphatic carbocycles. The van der Waals surface area contributed by atoms with Gasteiger partial charge in [-0.3, -0.25) is 5.84 Å². The van der Waals surface area contributed by atoms with Crippen LogP contribution in [0.4, 0.5) is 5.69 Å². The number of nitrogens with zero attached hydrogens (tertiary/aromatic N) is 1. The second kappa shape index (κ2) is 3.47. The summed E-state index contributed by atoms with van der Waals surface area (Å²) in [7, 11) is 0. The minimum absolute atomic E-state index is 0.850. The monoisotopic (exact) mass is 209 g/mol. The van der Waals surface area contributed by atoms with Crippen LogP contribution in [0.25, 0.3) is 21.8 Å². The first kappa shape index (κ1) is 9.12. The maximum Gasteiger partial charge on any atom is 0.0954 e. The molecule has 78 valence electrons. The van der Waals surface area contributed by atoms with Gasteiger partial charge in [0.25, 0.3) is 0 Å². The summed E-state index contributed by atoms with van der Waals surface area (Å²) in [6.45, 7) is 0. The van der Waals surface area contributed by atoms with Gasteiger partial charge in [-0.1, -0.05) is 30.3 Å². The highest BCUT2D eigenvalue weighted by atomic mass is 15.2. The lowest BCUT2D eigenvalue weighted by Gasteiger charge is -2.06. The molecule has 0 saturated heterocycles. The zero-order chi connectivity index (χ0) is 11.0. The molecule has 0 amide bonds. The molecule has 0 saturated carbocycles. The summed E-state index contributed by atoms with van der Waals surface area (Å²) in [6, 6.07) is 16.1. The number of hydrogen-bond donors (Lipinski definition) is 2. The maximum absolute atomic E-state index is 5.47. The van der Waals surface area contributed by atoms with Gasteiger partial charge in [-0.15, -0.1) is 0 Å². The van der Waals surface area contributed by atoms with Crippen LogP contribution in [0, 0.1) is 0 Å². The van der Waals surface area contributed by atoms with Gasteiger partial charge in [0.2, 0.25) is 0 Å². The van der Waals surface area contributed by atoms with Gasteiger partial charge in [-0.05, 0) is 18.2 Å². The van der Waals surface area contributed by atoms with Crippen molar-refractivity contribution in [2.45, 2.75) is 0 Å². The molecule has 3 heteroatoms. The Kier molecular flexibility index (Phi) is 1.98. The highest BCUT2D eigenvalue weighted by molar-refractivity contribution is 5.98. The number of benzene rings is 2. The summed E-state index contributed by atoms with van der Waals surface area (Å²) in [5.74, 6) is 5.47. The normalized spacial score (nSPS) is 10.8. The van der Waals surface area contributed by atoms with Crippen LogP contribution in [0.1, 0.15) is 0 Å². The van der Waals surface area contributed by atoms with Gasteiger partial charge < -0.3 is 5.43 Å². The van der Waals surface area contributed by atoms with Crippen LogP contribution >= 0.6 is 0 Å². The van der Waals surface area contributed by atoms with Crippen molar-refractivity contribution < 1.29 is 0 Å². The van der Waals surface area contributed by atoms with E-state index in [4.69, 9.17) is 5.84 Å². The summed E-state index contributed by atoms with van der Waals surface area (Å²) in [5, 5.41) is 2.23. The third kappa shape index (κ3) is 1.30. The van der Waals surface area contributed by atoms with Gasteiger partial charge in [-0.2, -0.15) is 0 Å². The topological polar surface area (TPSA) is 50.9 Å². The molecule has 3 rings (SSSR count). The van der Waals surface area contributed by atoms with E-state index in [0.29, 0.717) is 0 Å². The van der Waals surface area contributed by atoms with Gasteiger partial charge in [0.1, 0.15) is 0 Å². The quantitative estimate of drug-likeness (QED) is 0.368. The van der Waals surface area contributed by atoms with Gasteiger partial charge in [-0.25, -0.2) is 4.98 Å². The Balaban J connectivity index is 2.46. The number of para-hydroxylation sites is 2. The van der Waals surface area contributed by atoms with E-state index in [1.165, 1.54) is 0 Å². The van der Waals surface area contributed by atoms with Crippen molar-refractivity contribution in [3.05, 3.63) is 48.5 Å². The van der Waals surface area contributed by atoms with E-state index in [1.54, 1.807) is 0 Å². The van der Waals surface area contributed by atoms with Gasteiger partial charge in [0.05, 0.1) is 16.7 Å². The Bertz CT molecular complexity index is 661. The van der Waals surface area contributed by atoms with Crippen molar-refractivity contribution in [1.82, 2.24) is 4.98 Å². The number of nitrogen functional groups attached to an aromatic ring is 1. The maximum atomic E-state index is 5.47. The molecule has 0 aliphatic heterocycles. The van der Waals surface area contributed by atoms with Crippen LogP contribution in [0.5, 0.6) is 0 Å². The zero-order valence-corrected chi connectivity index (χ0v) is 8.64. The fraction of sp³-hybridized carbons (Fsp3) is 0. The van der Waals surface area contributed by atoms with Crippen molar-refractivity contribution >= 4 is 27.5 Å². The van der Waals surface area contributed by atoms with Crippen molar-refractivity contribution in [2.24, 2.45) is 5.84 Å². The number of rotatable bonds is 1. The van der Waals surface area contributed by atoms with Crippen LogP contribution < -0.4 is 11.3 Å². The molecule has 16 heavy (non-hydrogen) atoms. The lowest BCUT2D eigenvalue weighted by molar-refractivity contribution is 1.35. The Morgan fingerprint density at radius 2 is 1.75 bits per heavy atom. The van der Waals surface area contributed by atoms with Crippen molar-refractivity contribution in [2.75, 3.05) is 5.43 Å². The van der Waals surface area contributed by atoms with E-state index in [0.717, 1.165) is 27.5 Å². The number of fused-ring (bicyclic) bond motifs is 2. The summed E-state index contributed by atoms with van der Waals surface area (Å²) in [4.78, 5) is 4.61. The first-order valence-electron chi connectivity index (χ1n) is 5.13. The minimum atomic E-state index is 0.850. The van der Waals surface area contributed by atoms with Crippen LogP contribution in [0.2, 0.25) is 0 Å². The van der Waals surface area contributed by atoms with Gasteiger partial charge in [0.15, 0.2) is 0 Å². The van der Waals surface area contributed by atoms with E-state index in [9.17, 15) is 0 Å². The average molecular weight is 209 g/mol. The number of hydrogen-bond acceptors (Lipinski definition) is 3. The molecule has 1 aromatic heterocycles.